The van der Waals surface area contributed by atoms with Crippen molar-refractivity contribution in [3.05, 3.63) is 22.4 Å². The first kappa shape index (κ1) is 10.8. The maximum absolute atomic E-state index is 12.0. The summed E-state index contributed by atoms with van der Waals surface area (Å²) in [6.07, 6.45) is 3.66. The first-order valence-corrected chi connectivity index (χ1v) is 6.76. The first-order chi connectivity index (χ1) is 8.22. The molecule has 90 valence electrons. The van der Waals surface area contributed by atoms with Crippen LogP contribution in [0.5, 0.6) is 0 Å². The van der Waals surface area contributed by atoms with Crippen molar-refractivity contribution in [2.45, 2.75) is 37.8 Å². The Hall–Kier alpha value is -1.36. The second kappa shape index (κ2) is 3.84. The average molecular weight is 250 g/mol. The minimum Gasteiger partial charge on any atom is -0.305 e. The topological polar surface area (TPSA) is 49.4 Å². The molecule has 1 saturated heterocycles. The van der Waals surface area contributed by atoms with E-state index in [-0.39, 0.29) is 11.9 Å². The summed E-state index contributed by atoms with van der Waals surface area (Å²) in [5.41, 5.74) is -0.554. The smallest absolute Gasteiger partial charge is 0.305 e. The van der Waals surface area contributed by atoms with Crippen LogP contribution in [0.15, 0.2) is 17.5 Å². The quantitative estimate of drug-likeness (QED) is 0.817. The zero-order valence-electron chi connectivity index (χ0n) is 9.44. The number of hydrogen-bond donors (Lipinski definition) is 1. The molecule has 17 heavy (non-hydrogen) atoms. The SMILES string of the molecule is O=C1NC(=O)C2(CCCC2)N1Cc1cccs1. The van der Waals surface area contributed by atoms with Crippen molar-refractivity contribution in [3.63, 3.8) is 0 Å². The predicted octanol–water partition coefficient (Wildman–Crippen LogP) is 2.11. The van der Waals surface area contributed by atoms with E-state index in [2.05, 4.69) is 5.32 Å². The van der Waals surface area contributed by atoms with Crippen LogP contribution in [0.3, 0.4) is 0 Å². The van der Waals surface area contributed by atoms with E-state index in [0.29, 0.717) is 6.54 Å². The van der Waals surface area contributed by atoms with Crippen molar-refractivity contribution in [1.82, 2.24) is 10.2 Å². The van der Waals surface area contributed by atoms with Gasteiger partial charge in [0.25, 0.3) is 5.91 Å². The number of nitrogens with one attached hydrogen (secondary N) is 1. The molecule has 0 bridgehead atoms. The van der Waals surface area contributed by atoms with Gasteiger partial charge in [0.15, 0.2) is 0 Å². The molecule has 2 heterocycles. The third-order valence-electron chi connectivity index (χ3n) is 3.73. The van der Waals surface area contributed by atoms with Crippen molar-refractivity contribution in [2.75, 3.05) is 0 Å². The summed E-state index contributed by atoms with van der Waals surface area (Å²) in [5.74, 6) is -0.100. The fourth-order valence-electron chi connectivity index (χ4n) is 2.84. The fraction of sp³-hybridized carbons (Fsp3) is 0.500. The van der Waals surface area contributed by atoms with Crippen LogP contribution >= 0.6 is 11.3 Å². The van der Waals surface area contributed by atoms with E-state index < -0.39 is 5.54 Å². The zero-order valence-corrected chi connectivity index (χ0v) is 10.3. The van der Waals surface area contributed by atoms with Gasteiger partial charge in [-0.3, -0.25) is 10.1 Å². The van der Waals surface area contributed by atoms with Crippen LogP contribution in [0.1, 0.15) is 30.6 Å². The molecule has 3 amide bonds. The Bertz CT molecular complexity index is 449. The van der Waals surface area contributed by atoms with Gasteiger partial charge in [-0.2, -0.15) is 0 Å². The highest BCUT2D eigenvalue weighted by molar-refractivity contribution is 7.09. The van der Waals surface area contributed by atoms with Crippen molar-refractivity contribution >= 4 is 23.3 Å². The van der Waals surface area contributed by atoms with Crippen molar-refractivity contribution in [1.29, 1.82) is 0 Å². The van der Waals surface area contributed by atoms with Crippen LogP contribution in [0, 0.1) is 0 Å². The van der Waals surface area contributed by atoms with Crippen molar-refractivity contribution < 1.29 is 9.59 Å². The molecule has 2 aliphatic rings. The molecule has 1 aromatic heterocycles. The minimum absolute atomic E-state index is 0.100. The number of carbonyl (C=O) groups is 2. The molecule has 0 atom stereocenters. The first-order valence-electron chi connectivity index (χ1n) is 5.88. The molecule has 1 saturated carbocycles. The fourth-order valence-corrected chi connectivity index (χ4v) is 3.53. The largest absolute Gasteiger partial charge is 0.325 e. The molecular formula is C12H14N2O2S. The molecule has 1 aliphatic heterocycles. The van der Waals surface area contributed by atoms with Gasteiger partial charge >= 0.3 is 6.03 Å². The Labute approximate surface area is 104 Å². The summed E-state index contributed by atoms with van der Waals surface area (Å²) < 4.78 is 0. The lowest BCUT2D eigenvalue weighted by molar-refractivity contribution is -0.126. The van der Waals surface area contributed by atoms with Crippen LogP contribution in [0.2, 0.25) is 0 Å². The van der Waals surface area contributed by atoms with Gasteiger partial charge in [-0.25, -0.2) is 4.79 Å². The number of amides is 3. The van der Waals surface area contributed by atoms with Crippen LogP contribution in [0.25, 0.3) is 0 Å². The van der Waals surface area contributed by atoms with Crippen LogP contribution in [-0.4, -0.2) is 22.4 Å². The Morgan fingerprint density at radius 3 is 2.76 bits per heavy atom. The molecule has 3 rings (SSSR count). The van der Waals surface area contributed by atoms with Gasteiger partial charge in [0.05, 0.1) is 6.54 Å². The highest BCUT2D eigenvalue weighted by atomic mass is 32.1. The predicted molar refractivity (Wildman–Crippen MR) is 64.6 cm³/mol. The van der Waals surface area contributed by atoms with Crippen LogP contribution in [-0.2, 0) is 11.3 Å². The highest BCUT2D eigenvalue weighted by Crippen LogP contribution is 2.39. The number of hydrogen-bond acceptors (Lipinski definition) is 3. The maximum Gasteiger partial charge on any atom is 0.325 e. The van der Waals surface area contributed by atoms with Gasteiger partial charge in [-0.1, -0.05) is 18.9 Å². The van der Waals surface area contributed by atoms with Crippen LogP contribution in [0.4, 0.5) is 4.79 Å². The molecular weight excluding hydrogens is 236 g/mol. The Kier molecular flexibility index (Phi) is 2.43. The van der Waals surface area contributed by atoms with Gasteiger partial charge in [-0.15, -0.1) is 11.3 Å². The third-order valence-corrected chi connectivity index (χ3v) is 4.59. The Morgan fingerprint density at radius 1 is 1.35 bits per heavy atom. The summed E-state index contributed by atoms with van der Waals surface area (Å²) in [5, 5.41) is 4.46. The lowest BCUT2D eigenvalue weighted by Crippen LogP contribution is -2.46. The van der Waals surface area contributed by atoms with E-state index >= 15 is 0 Å². The number of thiophene rings is 1. The van der Waals surface area contributed by atoms with E-state index in [0.717, 1.165) is 30.6 Å². The monoisotopic (exact) mass is 250 g/mol. The molecule has 1 aliphatic carbocycles. The minimum atomic E-state index is -0.554. The normalized spacial score (nSPS) is 22.5. The van der Waals surface area contributed by atoms with Gasteiger partial charge in [0, 0.05) is 4.88 Å². The molecule has 2 fully saturated rings. The number of imide groups is 1. The maximum atomic E-state index is 12.0. The van der Waals surface area contributed by atoms with E-state index in [1.807, 2.05) is 17.5 Å². The molecule has 0 aromatic carbocycles. The average Bonchev–Trinajstić information content (AvgIpc) is 3.00. The second-order valence-corrected chi connectivity index (χ2v) is 5.70. The molecule has 1 N–H and O–H groups in total. The number of nitrogens with zero attached hydrogens (tertiary/aromatic N) is 1. The van der Waals surface area contributed by atoms with Gasteiger partial charge in [0.2, 0.25) is 0 Å². The summed E-state index contributed by atoms with van der Waals surface area (Å²) in [6, 6.07) is 3.74. The standard InChI is InChI=1S/C12H14N2O2S/c15-10-12(5-1-2-6-12)14(11(16)13-10)8-9-4-3-7-17-9/h3-4,7H,1-2,5-6,8H2,(H,13,15,16). The number of rotatable bonds is 2. The van der Waals surface area contributed by atoms with E-state index in [4.69, 9.17) is 0 Å². The highest BCUT2D eigenvalue weighted by Gasteiger charge is 2.53. The number of carbonyl (C=O) groups excluding carboxylic acids is 2. The Morgan fingerprint density at radius 2 is 2.12 bits per heavy atom. The van der Waals surface area contributed by atoms with Crippen molar-refractivity contribution in [2.24, 2.45) is 0 Å². The van der Waals surface area contributed by atoms with E-state index in [1.165, 1.54) is 0 Å². The molecule has 1 spiro atoms. The summed E-state index contributed by atoms with van der Waals surface area (Å²) in [4.78, 5) is 26.7. The molecule has 1 aromatic rings. The van der Waals surface area contributed by atoms with Gasteiger partial charge < -0.3 is 4.90 Å². The Balaban J connectivity index is 1.90. The zero-order chi connectivity index (χ0) is 11.9. The third kappa shape index (κ3) is 1.57. The number of urea groups is 1. The van der Waals surface area contributed by atoms with Crippen molar-refractivity contribution in [3.8, 4) is 0 Å². The summed E-state index contributed by atoms with van der Waals surface area (Å²) in [7, 11) is 0. The summed E-state index contributed by atoms with van der Waals surface area (Å²) >= 11 is 1.62. The summed E-state index contributed by atoms with van der Waals surface area (Å²) in [6.45, 7) is 0.551. The van der Waals surface area contributed by atoms with Gasteiger partial charge in [-0.05, 0) is 24.3 Å². The van der Waals surface area contributed by atoms with Crippen LogP contribution < -0.4 is 5.32 Å². The molecule has 0 unspecified atom stereocenters. The van der Waals surface area contributed by atoms with Gasteiger partial charge in [0.1, 0.15) is 5.54 Å². The second-order valence-electron chi connectivity index (χ2n) is 4.66. The van der Waals surface area contributed by atoms with E-state index in [9.17, 15) is 9.59 Å². The lowest BCUT2D eigenvalue weighted by atomic mass is 9.96. The molecule has 5 heteroatoms. The van der Waals surface area contributed by atoms with E-state index in [1.54, 1.807) is 16.2 Å². The lowest BCUT2D eigenvalue weighted by Gasteiger charge is -2.30. The molecule has 0 radical (unpaired) electrons. The molecule has 4 nitrogen and oxygen atoms in total.